The highest BCUT2D eigenvalue weighted by molar-refractivity contribution is 5.70. The van der Waals surface area contributed by atoms with Gasteiger partial charge in [-0.15, -0.1) is 0 Å². The average molecular weight is 549 g/mol. The molecule has 3 nitrogen and oxygen atoms in total. The molecule has 3 aliphatic rings. The number of benzene rings is 2. The largest absolute Gasteiger partial charge is 0.493 e. The fraction of sp³-hybridized carbons (Fsp3) is 0.548. The van der Waals surface area contributed by atoms with E-state index in [1.54, 1.807) is 18.2 Å². The maximum absolute atomic E-state index is 15.0. The molecule has 0 amide bonds. The van der Waals surface area contributed by atoms with Gasteiger partial charge in [0.25, 0.3) is 0 Å². The van der Waals surface area contributed by atoms with Crippen molar-refractivity contribution in [3.8, 4) is 16.9 Å². The van der Waals surface area contributed by atoms with Crippen molar-refractivity contribution >= 4 is 5.70 Å². The molecule has 8 heteroatoms. The summed E-state index contributed by atoms with van der Waals surface area (Å²) in [6.07, 6.45) is 1.83. The van der Waals surface area contributed by atoms with Crippen LogP contribution in [0.3, 0.4) is 0 Å². The summed E-state index contributed by atoms with van der Waals surface area (Å²) in [5, 5.41) is 0. The number of hydrogen-bond acceptors (Lipinski definition) is 3. The standard InChI is InChI=1S/C31H37F5N2O/c1-22(38-14-3-2-4-15-38)24-6-8-26(28(32)18-24)27-9-7-25(19-29(27)33)39-20-23-10-16-37(17-11-23)21-30(12-5-13-30)31(34,35)36/h6-9,18-19,23H,1-5,10-17,20-21H2. The Bertz CT molecular complexity index is 1160. The number of halogens is 5. The molecule has 0 aromatic heterocycles. The third kappa shape index (κ3) is 6.11. The Morgan fingerprint density at radius 2 is 1.51 bits per heavy atom. The first-order valence-corrected chi connectivity index (χ1v) is 14.1. The third-order valence-corrected chi connectivity index (χ3v) is 8.90. The molecule has 3 fully saturated rings. The number of ether oxygens (including phenoxy) is 1. The Balaban J connectivity index is 1.14. The number of rotatable bonds is 8. The van der Waals surface area contributed by atoms with Gasteiger partial charge in [-0.2, -0.15) is 13.2 Å². The van der Waals surface area contributed by atoms with Gasteiger partial charge >= 0.3 is 6.18 Å². The van der Waals surface area contributed by atoms with Crippen LogP contribution < -0.4 is 4.74 Å². The second-order valence-corrected chi connectivity index (χ2v) is 11.5. The maximum atomic E-state index is 15.0. The van der Waals surface area contributed by atoms with Crippen LogP contribution in [0, 0.1) is 23.0 Å². The minimum atomic E-state index is -4.14. The normalized spacial score (nSPS) is 20.5. The van der Waals surface area contributed by atoms with E-state index in [9.17, 15) is 13.2 Å². The SMILES string of the molecule is C=C(c1ccc(-c2ccc(OCC3CCN(CC4(C(F)(F)F)CCC4)CC3)cc2F)c(F)c1)N1CCCCC1. The van der Waals surface area contributed by atoms with E-state index in [1.807, 2.05) is 4.90 Å². The van der Waals surface area contributed by atoms with Crippen molar-refractivity contribution in [1.29, 1.82) is 0 Å². The van der Waals surface area contributed by atoms with Crippen LogP contribution in [-0.4, -0.2) is 55.3 Å². The third-order valence-electron chi connectivity index (χ3n) is 8.90. The van der Waals surface area contributed by atoms with E-state index in [2.05, 4.69) is 11.5 Å². The summed E-state index contributed by atoms with van der Waals surface area (Å²) in [7, 11) is 0. The predicted molar refractivity (Wildman–Crippen MR) is 143 cm³/mol. The lowest BCUT2D eigenvalue weighted by molar-refractivity contribution is -0.256. The van der Waals surface area contributed by atoms with E-state index in [0.29, 0.717) is 37.4 Å². The summed E-state index contributed by atoms with van der Waals surface area (Å²) in [6, 6.07) is 9.24. The molecule has 0 N–H and O–H groups in total. The lowest BCUT2D eigenvalue weighted by Gasteiger charge is -2.47. The van der Waals surface area contributed by atoms with Gasteiger partial charge in [0.1, 0.15) is 17.4 Å². The molecule has 0 atom stereocenters. The number of alkyl halides is 3. The lowest BCUT2D eigenvalue weighted by Crippen LogP contribution is -2.53. The number of nitrogens with zero attached hydrogens (tertiary/aromatic N) is 2. The van der Waals surface area contributed by atoms with Crippen LogP contribution >= 0.6 is 0 Å². The van der Waals surface area contributed by atoms with Gasteiger partial charge in [-0.3, -0.25) is 0 Å². The molecule has 2 aliphatic heterocycles. The van der Waals surface area contributed by atoms with Crippen LogP contribution in [0.15, 0.2) is 43.0 Å². The molecule has 0 bridgehead atoms. The van der Waals surface area contributed by atoms with Crippen LogP contribution in [0.4, 0.5) is 22.0 Å². The van der Waals surface area contributed by atoms with Crippen molar-refractivity contribution in [1.82, 2.24) is 9.80 Å². The van der Waals surface area contributed by atoms with E-state index in [1.165, 1.54) is 24.6 Å². The zero-order chi connectivity index (χ0) is 27.6. The number of piperidine rings is 2. The van der Waals surface area contributed by atoms with Crippen molar-refractivity contribution in [2.24, 2.45) is 11.3 Å². The molecular weight excluding hydrogens is 511 g/mol. The van der Waals surface area contributed by atoms with E-state index >= 15 is 8.78 Å². The van der Waals surface area contributed by atoms with Crippen molar-refractivity contribution in [3.63, 3.8) is 0 Å². The fourth-order valence-corrected chi connectivity index (χ4v) is 6.15. The number of hydrogen-bond donors (Lipinski definition) is 0. The van der Waals surface area contributed by atoms with E-state index in [-0.39, 0.29) is 36.4 Å². The summed E-state index contributed by atoms with van der Waals surface area (Å²) in [6.45, 7) is 7.64. The van der Waals surface area contributed by atoms with Gasteiger partial charge in [0.2, 0.25) is 0 Å². The topological polar surface area (TPSA) is 15.7 Å². The zero-order valence-corrected chi connectivity index (χ0v) is 22.3. The molecule has 0 unspecified atom stereocenters. The second kappa shape index (κ2) is 11.5. The molecule has 2 aromatic rings. The summed E-state index contributed by atoms with van der Waals surface area (Å²) < 4.78 is 76.4. The van der Waals surface area contributed by atoms with Crippen LogP contribution in [0.5, 0.6) is 5.75 Å². The Morgan fingerprint density at radius 3 is 2.08 bits per heavy atom. The average Bonchev–Trinajstić information content (AvgIpc) is 2.90. The van der Waals surface area contributed by atoms with Crippen molar-refractivity contribution in [2.75, 3.05) is 39.3 Å². The maximum Gasteiger partial charge on any atom is 0.395 e. The van der Waals surface area contributed by atoms with Crippen molar-refractivity contribution < 1.29 is 26.7 Å². The predicted octanol–water partition coefficient (Wildman–Crippen LogP) is 7.91. The quantitative estimate of drug-likeness (QED) is 0.312. The van der Waals surface area contributed by atoms with Gasteiger partial charge in [-0.05, 0) is 82.2 Å². The number of likely N-dealkylation sites (tertiary alicyclic amines) is 2. The van der Waals surface area contributed by atoms with Crippen LogP contribution in [-0.2, 0) is 0 Å². The monoisotopic (exact) mass is 548 g/mol. The Morgan fingerprint density at radius 1 is 0.872 bits per heavy atom. The Labute approximate surface area is 227 Å². The van der Waals surface area contributed by atoms with Gasteiger partial charge in [0, 0.05) is 48.1 Å². The van der Waals surface area contributed by atoms with Crippen molar-refractivity contribution in [3.05, 3.63) is 60.2 Å². The van der Waals surface area contributed by atoms with Gasteiger partial charge < -0.3 is 14.5 Å². The zero-order valence-electron chi connectivity index (χ0n) is 22.3. The summed E-state index contributed by atoms with van der Waals surface area (Å²) in [5.41, 5.74) is 0.308. The first-order chi connectivity index (χ1) is 18.6. The van der Waals surface area contributed by atoms with Gasteiger partial charge in [-0.25, -0.2) is 8.78 Å². The van der Waals surface area contributed by atoms with E-state index < -0.39 is 23.2 Å². The summed E-state index contributed by atoms with van der Waals surface area (Å²) in [4.78, 5) is 4.10. The van der Waals surface area contributed by atoms with Crippen molar-refractivity contribution in [2.45, 2.75) is 57.5 Å². The molecule has 2 heterocycles. The highest BCUT2D eigenvalue weighted by Crippen LogP contribution is 2.53. The molecule has 2 aromatic carbocycles. The molecule has 0 spiro atoms. The minimum Gasteiger partial charge on any atom is -0.493 e. The van der Waals surface area contributed by atoms with Gasteiger partial charge in [-0.1, -0.05) is 25.1 Å². The molecule has 1 aliphatic carbocycles. The van der Waals surface area contributed by atoms with E-state index in [4.69, 9.17) is 4.74 Å². The summed E-state index contributed by atoms with van der Waals surface area (Å²) >= 11 is 0. The smallest absolute Gasteiger partial charge is 0.395 e. The highest BCUT2D eigenvalue weighted by Gasteiger charge is 2.58. The lowest BCUT2D eigenvalue weighted by atomic mass is 9.67. The molecule has 0 radical (unpaired) electrons. The van der Waals surface area contributed by atoms with Crippen LogP contribution in [0.25, 0.3) is 16.8 Å². The Kier molecular flexibility index (Phi) is 8.22. The summed E-state index contributed by atoms with van der Waals surface area (Å²) in [5.74, 6) is -0.508. The molecular formula is C31H37F5N2O. The Hall–Kier alpha value is -2.61. The van der Waals surface area contributed by atoms with Crippen LogP contribution in [0.1, 0.15) is 56.9 Å². The first kappa shape index (κ1) is 27.9. The molecule has 2 saturated heterocycles. The highest BCUT2D eigenvalue weighted by atomic mass is 19.4. The first-order valence-electron chi connectivity index (χ1n) is 14.1. The molecule has 5 rings (SSSR count). The van der Waals surface area contributed by atoms with Gasteiger partial charge in [0.05, 0.1) is 12.0 Å². The van der Waals surface area contributed by atoms with Gasteiger partial charge in [0.15, 0.2) is 0 Å². The van der Waals surface area contributed by atoms with Crippen LogP contribution in [0.2, 0.25) is 0 Å². The molecule has 212 valence electrons. The fourth-order valence-electron chi connectivity index (χ4n) is 6.15. The second-order valence-electron chi connectivity index (χ2n) is 11.5. The molecule has 39 heavy (non-hydrogen) atoms. The molecule has 1 saturated carbocycles. The minimum absolute atomic E-state index is 0.0840. The van der Waals surface area contributed by atoms with E-state index in [0.717, 1.165) is 44.5 Å².